The fourth-order valence-electron chi connectivity index (χ4n) is 2.55. The van der Waals surface area contributed by atoms with Crippen LogP contribution in [-0.2, 0) is 18.4 Å². The molecule has 2 rings (SSSR count). The van der Waals surface area contributed by atoms with Gasteiger partial charge in [-0.15, -0.1) is 11.3 Å². The molecule has 1 aliphatic rings. The van der Waals surface area contributed by atoms with E-state index in [9.17, 15) is 0 Å². The molecule has 17 heavy (non-hydrogen) atoms. The first-order valence-electron chi connectivity index (χ1n) is 6.87. The van der Waals surface area contributed by atoms with Crippen molar-refractivity contribution in [3.63, 3.8) is 0 Å². The molecule has 2 atom stereocenters. The summed E-state index contributed by atoms with van der Waals surface area (Å²) in [6.45, 7) is 6.72. The summed E-state index contributed by atoms with van der Waals surface area (Å²) in [4.78, 5) is 6.31. The van der Waals surface area contributed by atoms with E-state index >= 15 is 0 Å². The number of fused-ring (bicyclic) bond motifs is 1. The van der Waals surface area contributed by atoms with Crippen LogP contribution in [-0.4, -0.2) is 4.98 Å². The summed E-state index contributed by atoms with van der Waals surface area (Å²) in [7, 11) is 0. The summed E-state index contributed by atoms with van der Waals surface area (Å²) in [6.07, 6.45) is 6.91. The Morgan fingerprint density at radius 1 is 1.41 bits per heavy atom. The first-order valence-corrected chi connectivity index (χ1v) is 7.68. The molecule has 2 nitrogen and oxygen atoms in total. The minimum Gasteiger partial charge on any atom is -0.319 e. The molecule has 0 bridgehead atoms. The average molecular weight is 252 g/mol. The standard InChI is InChI=1S/C14H24N2S/c1-4-10(3)9-14(15,5-2)13-16-11-7-6-8-12(11)17-13/h10H,4-9,15H2,1-3H3. The highest BCUT2D eigenvalue weighted by molar-refractivity contribution is 7.12. The van der Waals surface area contributed by atoms with Gasteiger partial charge in [-0.25, -0.2) is 4.98 Å². The topological polar surface area (TPSA) is 38.9 Å². The zero-order valence-corrected chi connectivity index (χ0v) is 12.1. The molecular weight excluding hydrogens is 228 g/mol. The third-order valence-electron chi connectivity index (χ3n) is 4.06. The van der Waals surface area contributed by atoms with Crippen LogP contribution in [0.2, 0.25) is 0 Å². The lowest BCUT2D eigenvalue weighted by Crippen LogP contribution is -2.37. The number of hydrogen-bond donors (Lipinski definition) is 1. The second-order valence-corrected chi connectivity index (χ2v) is 6.55. The van der Waals surface area contributed by atoms with Crippen molar-refractivity contribution in [2.45, 2.75) is 64.8 Å². The number of rotatable bonds is 5. The predicted molar refractivity (Wildman–Crippen MR) is 74.4 cm³/mol. The Morgan fingerprint density at radius 2 is 2.18 bits per heavy atom. The smallest absolute Gasteiger partial charge is 0.113 e. The SMILES string of the molecule is CCC(C)CC(N)(CC)c1nc2c(s1)CCC2. The van der Waals surface area contributed by atoms with Gasteiger partial charge in [0.2, 0.25) is 0 Å². The molecule has 0 amide bonds. The first-order chi connectivity index (χ1) is 8.09. The second-order valence-electron chi connectivity index (χ2n) is 5.47. The molecule has 0 radical (unpaired) electrons. The maximum absolute atomic E-state index is 6.60. The number of aryl methyl sites for hydroxylation is 2. The van der Waals surface area contributed by atoms with Crippen molar-refractivity contribution in [2.75, 3.05) is 0 Å². The van der Waals surface area contributed by atoms with E-state index in [4.69, 9.17) is 10.7 Å². The highest BCUT2D eigenvalue weighted by atomic mass is 32.1. The van der Waals surface area contributed by atoms with Crippen LogP contribution < -0.4 is 5.73 Å². The van der Waals surface area contributed by atoms with Gasteiger partial charge in [0.1, 0.15) is 5.01 Å². The van der Waals surface area contributed by atoms with Crippen LogP contribution in [0.4, 0.5) is 0 Å². The van der Waals surface area contributed by atoms with E-state index in [1.54, 1.807) is 0 Å². The third-order valence-corrected chi connectivity index (χ3v) is 5.44. The van der Waals surface area contributed by atoms with Gasteiger partial charge in [0.05, 0.1) is 11.2 Å². The molecule has 1 heterocycles. The van der Waals surface area contributed by atoms with Crippen LogP contribution in [0.3, 0.4) is 0 Å². The third kappa shape index (κ3) is 2.55. The van der Waals surface area contributed by atoms with E-state index in [2.05, 4.69) is 20.8 Å². The van der Waals surface area contributed by atoms with Gasteiger partial charge in [0.25, 0.3) is 0 Å². The molecule has 0 aliphatic heterocycles. The van der Waals surface area contributed by atoms with Crippen molar-refractivity contribution in [2.24, 2.45) is 11.7 Å². The van der Waals surface area contributed by atoms with Crippen LogP contribution in [0.15, 0.2) is 0 Å². The number of nitrogens with two attached hydrogens (primary N) is 1. The van der Waals surface area contributed by atoms with E-state index < -0.39 is 0 Å². The summed E-state index contributed by atoms with van der Waals surface area (Å²) in [6, 6.07) is 0. The summed E-state index contributed by atoms with van der Waals surface area (Å²) >= 11 is 1.87. The molecule has 1 aliphatic carbocycles. The van der Waals surface area contributed by atoms with Gasteiger partial charge in [-0.3, -0.25) is 0 Å². The van der Waals surface area contributed by atoms with Gasteiger partial charge in [-0.1, -0.05) is 27.2 Å². The van der Waals surface area contributed by atoms with Crippen LogP contribution in [0.25, 0.3) is 0 Å². The lowest BCUT2D eigenvalue weighted by molar-refractivity contribution is 0.318. The largest absolute Gasteiger partial charge is 0.319 e. The van der Waals surface area contributed by atoms with E-state index in [0.717, 1.165) is 19.3 Å². The molecule has 2 unspecified atom stereocenters. The number of thiazole rings is 1. The van der Waals surface area contributed by atoms with Gasteiger partial charge in [0, 0.05) is 4.88 Å². The number of aromatic nitrogens is 1. The lowest BCUT2D eigenvalue weighted by Gasteiger charge is -2.28. The summed E-state index contributed by atoms with van der Waals surface area (Å²) in [5.74, 6) is 0.679. The summed E-state index contributed by atoms with van der Waals surface area (Å²) < 4.78 is 0. The molecule has 1 aromatic heterocycles. The van der Waals surface area contributed by atoms with Crippen molar-refractivity contribution >= 4 is 11.3 Å². The minimum atomic E-state index is -0.190. The lowest BCUT2D eigenvalue weighted by atomic mass is 9.86. The highest BCUT2D eigenvalue weighted by Crippen LogP contribution is 2.37. The van der Waals surface area contributed by atoms with Crippen LogP contribution in [0.1, 0.15) is 62.0 Å². The van der Waals surface area contributed by atoms with E-state index in [0.29, 0.717) is 5.92 Å². The Morgan fingerprint density at radius 3 is 2.76 bits per heavy atom. The Balaban J connectivity index is 2.21. The van der Waals surface area contributed by atoms with Gasteiger partial charge >= 0.3 is 0 Å². The van der Waals surface area contributed by atoms with Crippen molar-refractivity contribution in [3.8, 4) is 0 Å². The predicted octanol–water partition coefficient (Wildman–Crippen LogP) is 3.63. The van der Waals surface area contributed by atoms with Gasteiger partial charge in [-0.2, -0.15) is 0 Å². The van der Waals surface area contributed by atoms with Crippen molar-refractivity contribution in [3.05, 3.63) is 15.6 Å². The number of nitrogens with zero attached hydrogens (tertiary/aromatic N) is 1. The van der Waals surface area contributed by atoms with Crippen LogP contribution >= 0.6 is 11.3 Å². The quantitative estimate of drug-likeness (QED) is 0.869. The first kappa shape index (κ1) is 13.0. The molecule has 3 heteroatoms. The molecule has 96 valence electrons. The Hall–Kier alpha value is -0.410. The Labute approximate surface area is 109 Å². The monoisotopic (exact) mass is 252 g/mol. The van der Waals surface area contributed by atoms with Crippen LogP contribution in [0.5, 0.6) is 0 Å². The highest BCUT2D eigenvalue weighted by Gasteiger charge is 2.32. The summed E-state index contributed by atoms with van der Waals surface area (Å²) in [5, 5.41) is 1.19. The van der Waals surface area contributed by atoms with Crippen LogP contribution in [0, 0.1) is 5.92 Å². The normalized spacial score (nSPS) is 20.0. The van der Waals surface area contributed by atoms with E-state index in [1.807, 2.05) is 11.3 Å². The molecule has 0 saturated carbocycles. The van der Waals surface area contributed by atoms with Crippen molar-refractivity contribution in [1.82, 2.24) is 4.98 Å². The average Bonchev–Trinajstić information content (AvgIpc) is 2.88. The molecule has 1 aromatic rings. The van der Waals surface area contributed by atoms with Crippen molar-refractivity contribution < 1.29 is 0 Å². The maximum atomic E-state index is 6.60. The molecule has 0 fully saturated rings. The van der Waals surface area contributed by atoms with E-state index in [1.165, 1.54) is 34.8 Å². The summed E-state index contributed by atoms with van der Waals surface area (Å²) in [5.41, 5.74) is 7.74. The Bertz CT molecular complexity index is 364. The minimum absolute atomic E-state index is 0.190. The molecule has 0 saturated heterocycles. The molecule has 2 N–H and O–H groups in total. The zero-order chi connectivity index (χ0) is 12.5. The number of hydrogen-bond acceptors (Lipinski definition) is 3. The fourth-order valence-corrected chi connectivity index (χ4v) is 3.88. The van der Waals surface area contributed by atoms with Gasteiger partial charge < -0.3 is 5.73 Å². The molecular formula is C14H24N2S. The fraction of sp³-hybridized carbons (Fsp3) is 0.786. The van der Waals surface area contributed by atoms with Gasteiger partial charge in [-0.05, 0) is 38.0 Å². The van der Waals surface area contributed by atoms with E-state index in [-0.39, 0.29) is 5.54 Å². The van der Waals surface area contributed by atoms with Gasteiger partial charge in [0.15, 0.2) is 0 Å². The molecule has 0 spiro atoms. The second kappa shape index (κ2) is 5.07. The zero-order valence-electron chi connectivity index (χ0n) is 11.3. The Kier molecular flexibility index (Phi) is 3.88. The molecule has 0 aromatic carbocycles. The maximum Gasteiger partial charge on any atom is 0.113 e. The van der Waals surface area contributed by atoms with Crippen molar-refractivity contribution in [1.29, 1.82) is 0 Å².